The van der Waals surface area contributed by atoms with Crippen LogP contribution in [0.25, 0.3) is 0 Å². The fraction of sp³-hybridized carbons (Fsp3) is 1.00. The van der Waals surface area contributed by atoms with Crippen molar-refractivity contribution >= 4 is 8.96 Å². The highest BCUT2D eigenvalue weighted by Crippen LogP contribution is 2.13. The zero-order valence-corrected chi connectivity index (χ0v) is 3.72. The van der Waals surface area contributed by atoms with Crippen LogP contribution in [0.3, 0.4) is 0 Å². The van der Waals surface area contributed by atoms with Crippen LogP contribution in [0.15, 0.2) is 0 Å². The van der Waals surface area contributed by atoms with Crippen molar-refractivity contribution in [3.05, 3.63) is 0 Å². The molecule has 1 saturated heterocycles. The molecule has 1 aliphatic heterocycles. The van der Waals surface area contributed by atoms with Gasteiger partial charge < -0.3 is 5.40 Å². The van der Waals surface area contributed by atoms with E-state index in [0.717, 1.165) is 0 Å². The van der Waals surface area contributed by atoms with E-state index >= 15 is 0 Å². The van der Waals surface area contributed by atoms with Gasteiger partial charge >= 0.3 is 0 Å². The molecule has 0 atom stereocenters. The number of rotatable bonds is 0. The molecule has 0 bridgehead atoms. The van der Waals surface area contributed by atoms with E-state index in [1.54, 1.807) is 0 Å². The molecule has 0 aliphatic carbocycles. The summed E-state index contributed by atoms with van der Waals surface area (Å²) in [4.78, 5) is 0. The molecule has 24 valence electrons. The van der Waals surface area contributed by atoms with Crippen LogP contribution in [0.2, 0.25) is 12.1 Å². The van der Waals surface area contributed by atoms with Gasteiger partial charge in [-0.25, -0.2) is 0 Å². The molecule has 0 radical (unpaired) electrons. The van der Waals surface area contributed by atoms with Crippen molar-refractivity contribution in [1.29, 1.82) is 0 Å². The van der Waals surface area contributed by atoms with Crippen LogP contribution in [0.1, 0.15) is 0 Å². The largest absolute Gasteiger partial charge is 0.353 e. The predicted octanol–water partition coefficient (Wildman–Crippen LogP) is -0.318. The van der Waals surface area contributed by atoms with Crippen molar-refractivity contribution < 1.29 is 0 Å². The molecule has 0 amide bonds. The van der Waals surface area contributed by atoms with E-state index in [-0.39, 0.29) is 8.96 Å². The SMILES string of the molecule is N[SiH]1CC1. The average molecular weight is 73.2 g/mol. The molecule has 2 N–H and O–H groups in total. The molecular weight excluding hydrogens is 66.1 g/mol. The normalized spacial score (nSPS) is 26.2. The number of hydrogen-bond donors (Lipinski definition) is 1. The zero-order valence-electron chi connectivity index (χ0n) is 2.57. The fourth-order valence-corrected chi connectivity index (χ4v) is 0.866. The lowest BCUT2D eigenvalue weighted by atomic mass is 11.0. The number of nitrogens with two attached hydrogens (primary N) is 1. The second kappa shape index (κ2) is 0.562. The first-order chi connectivity index (χ1) is 1.89. The summed E-state index contributed by atoms with van der Waals surface area (Å²) < 4.78 is 0. The number of hydrogen-bond acceptors (Lipinski definition) is 1. The topological polar surface area (TPSA) is 26.0 Å². The Hall–Kier alpha value is 0.177. The molecule has 0 spiro atoms. The van der Waals surface area contributed by atoms with E-state index in [1.807, 2.05) is 0 Å². The third-order valence-electron chi connectivity index (χ3n) is 0.622. The summed E-state index contributed by atoms with van der Waals surface area (Å²) in [6.07, 6.45) is 0. The van der Waals surface area contributed by atoms with Crippen LogP contribution in [0.4, 0.5) is 0 Å². The van der Waals surface area contributed by atoms with Gasteiger partial charge in [0.15, 0.2) is 0 Å². The van der Waals surface area contributed by atoms with Gasteiger partial charge in [0.25, 0.3) is 0 Å². The van der Waals surface area contributed by atoms with Gasteiger partial charge in [0.2, 0.25) is 0 Å². The minimum atomic E-state index is -0.389. The van der Waals surface area contributed by atoms with E-state index in [4.69, 9.17) is 5.40 Å². The standard InChI is InChI=1S/C2H7NSi/c3-4-1-2-4/h4H,1-3H2. The maximum absolute atomic E-state index is 5.36. The summed E-state index contributed by atoms with van der Waals surface area (Å²) in [6, 6.07) is 2.81. The molecule has 0 aromatic rings. The molecule has 1 fully saturated rings. The third-order valence-corrected chi connectivity index (χ3v) is 1.87. The van der Waals surface area contributed by atoms with Crippen molar-refractivity contribution in [2.45, 2.75) is 12.1 Å². The first-order valence-electron chi connectivity index (χ1n) is 1.65. The molecule has 0 aromatic carbocycles. The average Bonchev–Trinajstić information content (AvgIpc) is 1.75. The van der Waals surface area contributed by atoms with Gasteiger partial charge in [-0.15, -0.1) is 0 Å². The summed E-state index contributed by atoms with van der Waals surface area (Å²) in [6.45, 7) is 0. The lowest BCUT2D eigenvalue weighted by Gasteiger charge is -1.54. The van der Waals surface area contributed by atoms with Crippen LogP contribution in [-0.2, 0) is 0 Å². The van der Waals surface area contributed by atoms with Gasteiger partial charge in [0, 0.05) is 0 Å². The van der Waals surface area contributed by atoms with E-state index in [2.05, 4.69) is 0 Å². The zero-order chi connectivity index (χ0) is 2.99. The first-order valence-corrected chi connectivity index (χ1v) is 3.95. The Labute approximate surface area is 27.5 Å². The van der Waals surface area contributed by atoms with E-state index < -0.39 is 0 Å². The van der Waals surface area contributed by atoms with Gasteiger partial charge in [-0.1, -0.05) is 0 Å². The second-order valence-electron chi connectivity index (χ2n) is 1.34. The van der Waals surface area contributed by atoms with Crippen LogP contribution < -0.4 is 5.40 Å². The van der Waals surface area contributed by atoms with E-state index in [1.165, 1.54) is 12.1 Å². The Bertz CT molecular complexity index is 25.2. The quantitative estimate of drug-likeness (QED) is 0.391. The molecule has 0 unspecified atom stereocenters. The maximum Gasteiger partial charge on any atom is 0.105 e. The Balaban J connectivity index is 2.17. The van der Waals surface area contributed by atoms with E-state index in [9.17, 15) is 0 Å². The monoisotopic (exact) mass is 73.0 g/mol. The molecule has 4 heavy (non-hydrogen) atoms. The van der Waals surface area contributed by atoms with Crippen molar-refractivity contribution in [3.63, 3.8) is 0 Å². The molecule has 1 nitrogen and oxygen atoms in total. The summed E-state index contributed by atoms with van der Waals surface area (Å²) in [7, 11) is -0.389. The Morgan fingerprint density at radius 2 is 1.75 bits per heavy atom. The smallest absolute Gasteiger partial charge is 0.105 e. The molecule has 1 aliphatic rings. The molecule has 0 aromatic heterocycles. The Kier molecular flexibility index (Phi) is 0.339. The summed E-state index contributed by atoms with van der Waals surface area (Å²) in [5.41, 5.74) is 0. The minimum absolute atomic E-state index is 0.389. The fourth-order valence-electron chi connectivity index (χ4n) is 0.0962. The summed E-state index contributed by atoms with van der Waals surface area (Å²) in [5, 5.41) is 5.36. The van der Waals surface area contributed by atoms with Gasteiger partial charge in [-0.05, 0) is 12.1 Å². The third kappa shape index (κ3) is 0.299. The van der Waals surface area contributed by atoms with Crippen molar-refractivity contribution in [1.82, 2.24) is 0 Å². The van der Waals surface area contributed by atoms with Crippen LogP contribution in [0, 0.1) is 0 Å². The predicted molar refractivity (Wildman–Crippen MR) is 21.0 cm³/mol. The van der Waals surface area contributed by atoms with Gasteiger partial charge in [-0.3, -0.25) is 0 Å². The molecular formula is C2H7NSi. The van der Waals surface area contributed by atoms with Crippen molar-refractivity contribution in [2.24, 2.45) is 5.40 Å². The molecule has 0 saturated carbocycles. The van der Waals surface area contributed by atoms with E-state index in [0.29, 0.717) is 0 Å². The Morgan fingerprint density at radius 3 is 1.75 bits per heavy atom. The highest BCUT2D eigenvalue weighted by Gasteiger charge is 2.16. The van der Waals surface area contributed by atoms with Crippen LogP contribution in [0.5, 0.6) is 0 Å². The highest BCUT2D eigenvalue weighted by atomic mass is 28.3. The van der Waals surface area contributed by atoms with Crippen LogP contribution >= 0.6 is 0 Å². The lowest BCUT2D eigenvalue weighted by Crippen LogP contribution is -2.01. The lowest BCUT2D eigenvalue weighted by molar-refractivity contribution is 1.69. The van der Waals surface area contributed by atoms with Crippen molar-refractivity contribution in [2.75, 3.05) is 0 Å². The molecule has 1 heterocycles. The maximum atomic E-state index is 5.36. The second-order valence-corrected chi connectivity index (χ2v) is 4.01. The Morgan fingerprint density at radius 1 is 1.50 bits per heavy atom. The highest BCUT2D eigenvalue weighted by molar-refractivity contribution is 6.66. The molecule has 1 rings (SSSR count). The summed E-state index contributed by atoms with van der Waals surface area (Å²) >= 11 is 0. The molecule has 2 heteroatoms. The summed E-state index contributed by atoms with van der Waals surface area (Å²) in [5.74, 6) is 0. The van der Waals surface area contributed by atoms with Gasteiger partial charge in [0.05, 0.1) is 0 Å². The van der Waals surface area contributed by atoms with Gasteiger partial charge in [-0.2, -0.15) is 0 Å². The van der Waals surface area contributed by atoms with Crippen LogP contribution in [-0.4, -0.2) is 8.96 Å². The first kappa shape index (κ1) is 2.42. The van der Waals surface area contributed by atoms with Crippen molar-refractivity contribution in [3.8, 4) is 0 Å². The van der Waals surface area contributed by atoms with Gasteiger partial charge in [0.1, 0.15) is 8.96 Å². The minimum Gasteiger partial charge on any atom is -0.353 e.